The van der Waals surface area contributed by atoms with E-state index >= 15 is 0 Å². The van der Waals surface area contributed by atoms with Crippen LogP contribution < -0.4 is 10.6 Å². The summed E-state index contributed by atoms with van der Waals surface area (Å²) in [5.41, 5.74) is 7.19. The molecule has 0 aliphatic carbocycles. The molecule has 0 radical (unpaired) electrons. The molecular weight excluding hydrogens is 278 g/mol. The molecule has 0 unspecified atom stereocenters. The molecule has 20 heavy (non-hydrogen) atoms. The molecule has 1 rings (SSSR count). The van der Waals surface area contributed by atoms with Crippen molar-refractivity contribution >= 4 is 21.4 Å². The molecule has 0 saturated heterocycles. The highest BCUT2D eigenvalue weighted by molar-refractivity contribution is 7.89. The predicted molar refractivity (Wildman–Crippen MR) is 81.5 cm³/mol. The zero-order chi connectivity index (χ0) is 15.3. The van der Waals surface area contributed by atoms with Crippen LogP contribution in [0.5, 0.6) is 0 Å². The third-order valence-electron chi connectivity index (χ3n) is 2.96. The highest BCUT2D eigenvalue weighted by Crippen LogP contribution is 2.26. The van der Waals surface area contributed by atoms with Crippen LogP contribution in [0.3, 0.4) is 0 Å². The number of sulfonamides is 1. The van der Waals surface area contributed by atoms with Crippen molar-refractivity contribution in [2.75, 3.05) is 51.5 Å². The van der Waals surface area contributed by atoms with Gasteiger partial charge in [-0.15, -0.1) is 0 Å². The van der Waals surface area contributed by atoms with Crippen LogP contribution in [-0.4, -0.2) is 53.6 Å². The number of nitrogen functional groups attached to an aromatic ring is 1. The molecule has 0 aliphatic heterocycles. The number of likely N-dealkylation sites (N-methyl/N-ethyl adjacent to an activating group) is 1. The smallest absolute Gasteiger partial charge is 0.242 e. The third kappa shape index (κ3) is 3.84. The lowest BCUT2D eigenvalue weighted by molar-refractivity contribution is 0.154. The Morgan fingerprint density at radius 2 is 1.90 bits per heavy atom. The average molecular weight is 301 g/mol. The minimum absolute atomic E-state index is 0.196. The molecule has 2 N–H and O–H groups in total. The average Bonchev–Trinajstić information content (AvgIpc) is 2.38. The van der Waals surface area contributed by atoms with E-state index in [0.29, 0.717) is 25.4 Å². The Kier molecular flexibility index (Phi) is 5.79. The second-order valence-electron chi connectivity index (χ2n) is 4.63. The van der Waals surface area contributed by atoms with Gasteiger partial charge in [-0.2, -0.15) is 0 Å². The Morgan fingerprint density at radius 1 is 1.25 bits per heavy atom. The summed E-state index contributed by atoms with van der Waals surface area (Å²) in [5, 5.41) is 0. The van der Waals surface area contributed by atoms with Crippen LogP contribution in [0.15, 0.2) is 23.1 Å². The van der Waals surface area contributed by atoms with Gasteiger partial charge in [0.2, 0.25) is 10.0 Å². The van der Waals surface area contributed by atoms with Gasteiger partial charge in [-0.1, -0.05) is 0 Å². The van der Waals surface area contributed by atoms with E-state index in [2.05, 4.69) is 0 Å². The van der Waals surface area contributed by atoms with E-state index < -0.39 is 10.0 Å². The molecule has 0 fully saturated rings. The topological polar surface area (TPSA) is 75.9 Å². The molecule has 0 aromatic heterocycles. The summed E-state index contributed by atoms with van der Waals surface area (Å²) in [4.78, 5) is 2.14. The molecular formula is C13H23N3O3S. The first-order chi connectivity index (χ1) is 9.30. The number of nitrogens with zero attached hydrogens (tertiary/aromatic N) is 2. The van der Waals surface area contributed by atoms with Gasteiger partial charge in [0.05, 0.1) is 22.9 Å². The van der Waals surface area contributed by atoms with Gasteiger partial charge in [0.1, 0.15) is 0 Å². The van der Waals surface area contributed by atoms with Gasteiger partial charge in [0.15, 0.2) is 0 Å². The van der Waals surface area contributed by atoms with Crippen molar-refractivity contribution < 1.29 is 13.2 Å². The quantitative estimate of drug-likeness (QED) is 0.600. The third-order valence-corrected chi connectivity index (χ3v) is 4.78. The van der Waals surface area contributed by atoms with Crippen LogP contribution in [0.25, 0.3) is 0 Å². The van der Waals surface area contributed by atoms with E-state index in [-0.39, 0.29) is 4.90 Å². The number of ether oxygens (including phenoxy) is 1. The van der Waals surface area contributed by atoms with Gasteiger partial charge in [-0.05, 0) is 25.1 Å². The van der Waals surface area contributed by atoms with Crippen LogP contribution >= 0.6 is 0 Å². The van der Waals surface area contributed by atoms with Gasteiger partial charge in [0.25, 0.3) is 0 Å². The highest BCUT2D eigenvalue weighted by atomic mass is 32.2. The first-order valence-corrected chi connectivity index (χ1v) is 7.85. The number of benzene rings is 1. The first kappa shape index (κ1) is 16.7. The molecule has 1 aromatic rings. The summed E-state index contributed by atoms with van der Waals surface area (Å²) < 4.78 is 30.5. The lowest BCUT2D eigenvalue weighted by Crippen LogP contribution is -2.25. The number of anilines is 2. The first-order valence-electron chi connectivity index (χ1n) is 6.41. The molecule has 7 heteroatoms. The minimum Gasteiger partial charge on any atom is -0.397 e. The van der Waals surface area contributed by atoms with Crippen LogP contribution in [0.2, 0.25) is 0 Å². The maximum absolute atomic E-state index is 12.0. The monoisotopic (exact) mass is 301 g/mol. The summed E-state index contributed by atoms with van der Waals surface area (Å²) in [6.07, 6.45) is 0. The minimum atomic E-state index is -3.45. The van der Waals surface area contributed by atoms with Crippen molar-refractivity contribution in [3.8, 4) is 0 Å². The predicted octanol–water partition coefficient (Wildman–Crippen LogP) is 0.992. The lowest BCUT2D eigenvalue weighted by Gasteiger charge is -2.22. The summed E-state index contributed by atoms with van der Waals surface area (Å²) in [7, 11) is 1.43. The van der Waals surface area contributed by atoms with E-state index in [4.69, 9.17) is 10.5 Å². The van der Waals surface area contributed by atoms with Gasteiger partial charge in [-0.25, -0.2) is 12.7 Å². The second kappa shape index (κ2) is 6.92. The fraction of sp³-hybridized carbons (Fsp3) is 0.538. The largest absolute Gasteiger partial charge is 0.397 e. The van der Waals surface area contributed by atoms with Gasteiger partial charge in [0, 0.05) is 34.3 Å². The van der Waals surface area contributed by atoms with Crippen LogP contribution in [0, 0.1) is 0 Å². The molecule has 0 aliphatic rings. The van der Waals surface area contributed by atoms with Crippen molar-refractivity contribution in [2.24, 2.45) is 0 Å². The zero-order valence-electron chi connectivity index (χ0n) is 12.5. The molecule has 0 heterocycles. The number of hydrogen-bond acceptors (Lipinski definition) is 5. The molecule has 6 nitrogen and oxygen atoms in total. The molecule has 0 saturated carbocycles. The standard InChI is InChI=1S/C13H23N3O3S/c1-5-19-9-8-16(4)13-7-6-11(10-12(13)14)20(17,18)15(2)3/h6-7,10H,5,8-9,14H2,1-4H3. The Labute approximate surface area is 121 Å². The summed E-state index contributed by atoms with van der Waals surface area (Å²) in [6, 6.07) is 4.78. The van der Waals surface area contributed by atoms with Gasteiger partial charge in [-0.3, -0.25) is 0 Å². The molecule has 1 aromatic carbocycles. The summed E-state index contributed by atoms with van der Waals surface area (Å²) in [5.74, 6) is 0. The molecule has 114 valence electrons. The Morgan fingerprint density at radius 3 is 2.40 bits per heavy atom. The normalized spacial score (nSPS) is 11.8. The number of nitrogens with two attached hydrogens (primary N) is 1. The van der Waals surface area contributed by atoms with Crippen molar-refractivity contribution in [1.82, 2.24) is 4.31 Å². The molecule has 0 bridgehead atoms. The van der Waals surface area contributed by atoms with E-state index in [1.54, 1.807) is 12.1 Å². The maximum atomic E-state index is 12.0. The van der Waals surface area contributed by atoms with E-state index in [1.165, 1.54) is 24.5 Å². The summed E-state index contributed by atoms with van der Waals surface area (Å²) in [6.45, 7) is 3.90. The van der Waals surface area contributed by atoms with E-state index in [1.807, 2.05) is 18.9 Å². The van der Waals surface area contributed by atoms with Crippen LogP contribution in [0.1, 0.15) is 6.92 Å². The van der Waals surface area contributed by atoms with Crippen LogP contribution in [-0.2, 0) is 14.8 Å². The Hall–Kier alpha value is -1.31. The molecule has 0 amide bonds. The van der Waals surface area contributed by atoms with E-state index in [0.717, 1.165) is 5.69 Å². The molecule has 0 atom stereocenters. The van der Waals surface area contributed by atoms with E-state index in [9.17, 15) is 8.42 Å². The Balaban J connectivity index is 2.94. The summed E-state index contributed by atoms with van der Waals surface area (Å²) >= 11 is 0. The molecule has 0 spiro atoms. The van der Waals surface area contributed by atoms with Crippen molar-refractivity contribution in [1.29, 1.82) is 0 Å². The van der Waals surface area contributed by atoms with Crippen molar-refractivity contribution in [3.05, 3.63) is 18.2 Å². The highest BCUT2D eigenvalue weighted by Gasteiger charge is 2.18. The van der Waals surface area contributed by atoms with Crippen molar-refractivity contribution in [3.63, 3.8) is 0 Å². The van der Waals surface area contributed by atoms with Gasteiger partial charge < -0.3 is 15.4 Å². The number of hydrogen-bond donors (Lipinski definition) is 1. The second-order valence-corrected chi connectivity index (χ2v) is 6.78. The Bertz CT molecular complexity index is 544. The fourth-order valence-corrected chi connectivity index (χ4v) is 2.66. The van der Waals surface area contributed by atoms with Crippen LogP contribution in [0.4, 0.5) is 11.4 Å². The number of rotatable bonds is 7. The zero-order valence-corrected chi connectivity index (χ0v) is 13.3. The SMILES string of the molecule is CCOCCN(C)c1ccc(S(=O)(=O)N(C)C)cc1N. The maximum Gasteiger partial charge on any atom is 0.242 e. The lowest BCUT2D eigenvalue weighted by atomic mass is 10.2. The van der Waals surface area contributed by atoms with Gasteiger partial charge >= 0.3 is 0 Å². The fourth-order valence-electron chi connectivity index (χ4n) is 1.72. The van der Waals surface area contributed by atoms with Crippen molar-refractivity contribution in [2.45, 2.75) is 11.8 Å².